The molecular formula is C18H24N4O4. The second-order valence-corrected chi connectivity index (χ2v) is 6.81. The van der Waals surface area contributed by atoms with Crippen LogP contribution in [0.4, 0.5) is 0 Å². The minimum absolute atomic E-state index is 0.120. The molecule has 8 heteroatoms. The summed E-state index contributed by atoms with van der Waals surface area (Å²) in [6.07, 6.45) is 6.79. The van der Waals surface area contributed by atoms with Gasteiger partial charge in [0, 0.05) is 24.8 Å². The van der Waals surface area contributed by atoms with E-state index in [1.54, 1.807) is 13.1 Å². The predicted octanol–water partition coefficient (Wildman–Crippen LogP) is 0.861. The Hall–Kier alpha value is -2.64. The van der Waals surface area contributed by atoms with Gasteiger partial charge in [-0.15, -0.1) is 0 Å². The Morgan fingerprint density at radius 2 is 2.00 bits per heavy atom. The minimum Gasteiger partial charge on any atom is -0.495 e. The molecule has 1 saturated carbocycles. The summed E-state index contributed by atoms with van der Waals surface area (Å²) in [4.78, 5) is 42.1. The fourth-order valence-corrected chi connectivity index (χ4v) is 3.59. The summed E-state index contributed by atoms with van der Waals surface area (Å²) >= 11 is 0. The topological polar surface area (TPSA) is 95.2 Å². The number of hydrogen-bond donors (Lipinski definition) is 1. The van der Waals surface area contributed by atoms with Crippen LogP contribution in [0.3, 0.4) is 0 Å². The third kappa shape index (κ3) is 3.23. The van der Waals surface area contributed by atoms with Crippen molar-refractivity contribution in [3.05, 3.63) is 32.6 Å². The zero-order valence-corrected chi connectivity index (χ0v) is 15.4. The SMILES string of the molecule is COc1c(C)cnc2c1c(=O)n(CC(=O)NC1CCCCC1)c(=O)n2C. The molecule has 1 amide bonds. The molecule has 0 atom stereocenters. The number of ether oxygens (including phenoxy) is 1. The smallest absolute Gasteiger partial charge is 0.332 e. The number of rotatable bonds is 4. The highest BCUT2D eigenvalue weighted by Crippen LogP contribution is 2.23. The van der Waals surface area contributed by atoms with Crippen LogP contribution >= 0.6 is 0 Å². The normalized spacial score (nSPS) is 15.2. The maximum Gasteiger partial charge on any atom is 0.332 e. The number of nitrogens with zero attached hydrogens (tertiary/aromatic N) is 3. The first-order chi connectivity index (χ1) is 12.4. The van der Waals surface area contributed by atoms with Gasteiger partial charge in [0.25, 0.3) is 5.56 Å². The molecular weight excluding hydrogens is 336 g/mol. The second-order valence-electron chi connectivity index (χ2n) is 6.81. The van der Waals surface area contributed by atoms with E-state index in [0.717, 1.165) is 30.3 Å². The molecule has 0 radical (unpaired) electrons. The first-order valence-corrected chi connectivity index (χ1v) is 8.86. The molecule has 1 aliphatic carbocycles. The standard InChI is InChI=1S/C18H24N4O4/c1-11-9-19-16-14(15(11)26-3)17(24)22(18(25)21(16)2)10-13(23)20-12-7-5-4-6-8-12/h9,12H,4-8,10H2,1-3H3,(H,20,23). The quantitative estimate of drug-likeness (QED) is 0.873. The van der Waals surface area contributed by atoms with E-state index in [9.17, 15) is 14.4 Å². The molecule has 0 spiro atoms. The Balaban J connectivity index is 2.01. The van der Waals surface area contributed by atoms with Gasteiger partial charge in [0.15, 0.2) is 5.65 Å². The number of carbonyl (C=O) groups excluding carboxylic acids is 1. The molecule has 2 aromatic heterocycles. The maximum absolute atomic E-state index is 12.9. The number of carbonyl (C=O) groups is 1. The Kier molecular flexibility index (Phi) is 5.11. The van der Waals surface area contributed by atoms with Crippen LogP contribution in [-0.2, 0) is 18.4 Å². The van der Waals surface area contributed by atoms with Crippen LogP contribution in [0.15, 0.2) is 15.8 Å². The van der Waals surface area contributed by atoms with Gasteiger partial charge in [-0.3, -0.25) is 14.2 Å². The molecule has 0 aliphatic heterocycles. The van der Waals surface area contributed by atoms with Crippen LogP contribution in [0.5, 0.6) is 5.75 Å². The van der Waals surface area contributed by atoms with Gasteiger partial charge in [-0.05, 0) is 19.8 Å². The van der Waals surface area contributed by atoms with Gasteiger partial charge in [0.2, 0.25) is 5.91 Å². The van der Waals surface area contributed by atoms with Crippen LogP contribution in [-0.4, -0.2) is 33.2 Å². The van der Waals surface area contributed by atoms with Crippen LogP contribution in [0.2, 0.25) is 0 Å². The molecule has 26 heavy (non-hydrogen) atoms. The largest absolute Gasteiger partial charge is 0.495 e. The van der Waals surface area contributed by atoms with Gasteiger partial charge in [-0.2, -0.15) is 0 Å². The molecule has 2 heterocycles. The second kappa shape index (κ2) is 7.31. The Labute approximate surface area is 150 Å². The third-order valence-electron chi connectivity index (χ3n) is 4.96. The van der Waals surface area contributed by atoms with Crippen molar-refractivity contribution in [2.24, 2.45) is 7.05 Å². The maximum atomic E-state index is 12.9. The van der Waals surface area contributed by atoms with Crippen molar-refractivity contribution in [2.45, 2.75) is 51.6 Å². The van der Waals surface area contributed by atoms with Crippen molar-refractivity contribution >= 4 is 16.9 Å². The molecule has 0 aromatic carbocycles. The summed E-state index contributed by atoms with van der Waals surface area (Å²) < 4.78 is 7.57. The van der Waals surface area contributed by atoms with E-state index in [1.165, 1.54) is 25.1 Å². The lowest BCUT2D eigenvalue weighted by molar-refractivity contribution is -0.122. The van der Waals surface area contributed by atoms with Crippen molar-refractivity contribution < 1.29 is 9.53 Å². The molecule has 1 fully saturated rings. The summed E-state index contributed by atoms with van der Waals surface area (Å²) in [5.74, 6) is 0.0482. The number of hydrogen-bond acceptors (Lipinski definition) is 5. The van der Waals surface area contributed by atoms with Crippen molar-refractivity contribution in [3.63, 3.8) is 0 Å². The number of aromatic nitrogens is 3. The van der Waals surface area contributed by atoms with Crippen molar-refractivity contribution in [1.29, 1.82) is 0 Å². The monoisotopic (exact) mass is 360 g/mol. The van der Waals surface area contributed by atoms with Crippen LogP contribution in [0, 0.1) is 6.92 Å². The number of methoxy groups -OCH3 is 1. The van der Waals surface area contributed by atoms with E-state index in [-0.39, 0.29) is 29.5 Å². The zero-order valence-electron chi connectivity index (χ0n) is 15.4. The number of nitrogens with one attached hydrogen (secondary N) is 1. The first kappa shape index (κ1) is 18.2. The molecule has 140 valence electrons. The average molecular weight is 360 g/mol. The highest BCUT2D eigenvalue weighted by atomic mass is 16.5. The van der Waals surface area contributed by atoms with Crippen molar-refractivity contribution in [2.75, 3.05) is 7.11 Å². The Bertz CT molecular complexity index is 954. The Morgan fingerprint density at radius 3 is 2.65 bits per heavy atom. The van der Waals surface area contributed by atoms with Gasteiger partial charge in [0.05, 0.1) is 7.11 Å². The van der Waals surface area contributed by atoms with Gasteiger partial charge >= 0.3 is 5.69 Å². The van der Waals surface area contributed by atoms with Gasteiger partial charge < -0.3 is 10.1 Å². The minimum atomic E-state index is -0.570. The van der Waals surface area contributed by atoms with Crippen LogP contribution in [0.1, 0.15) is 37.7 Å². The Morgan fingerprint density at radius 1 is 1.31 bits per heavy atom. The molecule has 2 aromatic rings. The van der Waals surface area contributed by atoms with E-state index in [4.69, 9.17) is 4.74 Å². The first-order valence-electron chi connectivity index (χ1n) is 8.86. The molecule has 0 saturated heterocycles. The van der Waals surface area contributed by atoms with E-state index >= 15 is 0 Å². The lowest BCUT2D eigenvalue weighted by Gasteiger charge is -2.23. The molecule has 1 N–H and O–H groups in total. The summed E-state index contributed by atoms with van der Waals surface area (Å²) in [7, 11) is 2.99. The molecule has 8 nitrogen and oxygen atoms in total. The van der Waals surface area contributed by atoms with Crippen molar-refractivity contribution in [1.82, 2.24) is 19.4 Å². The number of fused-ring (bicyclic) bond motifs is 1. The van der Waals surface area contributed by atoms with E-state index in [1.807, 2.05) is 0 Å². The number of aryl methyl sites for hydroxylation is 2. The zero-order chi connectivity index (χ0) is 18.8. The molecule has 1 aliphatic rings. The lowest BCUT2D eigenvalue weighted by atomic mass is 9.95. The highest BCUT2D eigenvalue weighted by Gasteiger charge is 2.21. The summed E-state index contributed by atoms with van der Waals surface area (Å²) in [6.45, 7) is 1.46. The summed E-state index contributed by atoms with van der Waals surface area (Å²) in [6, 6.07) is 0.120. The fourth-order valence-electron chi connectivity index (χ4n) is 3.59. The predicted molar refractivity (Wildman–Crippen MR) is 97.5 cm³/mol. The van der Waals surface area contributed by atoms with E-state index in [0.29, 0.717) is 11.3 Å². The third-order valence-corrected chi connectivity index (χ3v) is 4.96. The lowest BCUT2D eigenvalue weighted by Crippen LogP contribution is -2.45. The van der Waals surface area contributed by atoms with Gasteiger partial charge in [-0.1, -0.05) is 19.3 Å². The molecule has 0 unspecified atom stereocenters. The van der Waals surface area contributed by atoms with Crippen molar-refractivity contribution in [3.8, 4) is 5.75 Å². The van der Waals surface area contributed by atoms with E-state index in [2.05, 4.69) is 10.3 Å². The summed E-state index contributed by atoms with van der Waals surface area (Å²) in [5.41, 5.74) is -0.199. The van der Waals surface area contributed by atoms with Gasteiger partial charge in [-0.25, -0.2) is 14.3 Å². The fraction of sp³-hybridized carbons (Fsp3) is 0.556. The number of amides is 1. The van der Waals surface area contributed by atoms with Crippen LogP contribution < -0.4 is 21.3 Å². The number of pyridine rings is 1. The average Bonchev–Trinajstić information content (AvgIpc) is 2.64. The highest BCUT2D eigenvalue weighted by molar-refractivity contribution is 5.83. The van der Waals surface area contributed by atoms with Gasteiger partial charge in [0.1, 0.15) is 17.7 Å². The van der Waals surface area contributed by atoms with Crippen LogP contribution in [0.25, 0.3) is 11.0 Å². The summed E-state index contributed by atoms with van der Waals surface area (Å²) in [5, 5.41) is 3.14. The molecule has 0 bridgehead atoms. The van der Waals surface area contributed by atoms with E-state index < -0.39 is 11.2 Å². The molecule has 3 rings (SSSR count).